The van der Waals surface area contributed by atoms with E-state index < -0.39 is 11.5 Å². The number of aliphatic imine (C=N–C) groups is 1. The highest BCUT2D eigenvalue weighted by atomic mass is 16.6. The summed E-state index contributed by atoms with van der Waals surface area (Å²) in [6.07, 6.45) is 0.373. The van der Waals surface area contributed by atoms with Gasteiger partial charge in [-0.3, -0.25) is 4.79 Å². The molecule has 0 bridgehead atoms. The maximum absolute atomic E-state index is 11.8. The molecule has 0 saturated carbocycles. The van der Waals surface area contributed by atoms with E-state index >= 15 is 0 Å². The SMILES string of the molecule is C=C(C)C1=NC(CC(C)C)(C(C)=O)C(=O)O1. The number of cyclic esters (lactones) is 1. The van der Waals surface area contributed by atoms with Gasteiger partial charge < -0.3 is 4.74 Å². The molecule has 1 aliphatic rings. The second-order valence-corrected chi connectivity index (χ2v) is 4.60. The van der Waals surface area contributed by atoms with E-state index in [1.54, 1.807) is 6.92 Å². The highest BCUT2D eigenvalue weighted by Crippen LogP contribution is 2.30. The number of carbonyl (C=O) groups excluding carboxylic acids is 2. The minimum absolute atomic E-state index is 0.181. The van der Waals surface area contributed by atoms with Crippen LogP contribution >= 0.6 is 0 Å². The molecule has 0 amide bonds. The molecule has 1 unspecified atom stereocenters. The number of ether oxygens (including phenoxy) is 1. The van der Waals surface area contributed by atoms with Gasteiger partial charge in [-0.1, -0.05) is 20.4 Å². The van der Waals surface area contributed by atoms with Crippen molar-refractivity contribution in [3.63, 3.8) is 0 Å². The summed E-state index contributed by atoms with van der Waals surface area (Å²) >= 11 is 0. The van der Waals surface area contributed by atoms with Crippen LogP contribution in [0.5, 0.6) is 0 Å². The molecule has 1 heterocycles. The molecule has 0 aromatic carbocycles. The first-order valence-electron chi connectivity index (χ1n) is 5.28. The largest absolute Gasteiger partial charge is 0.405 e. The van der Waals surface area contributed by atoms with Crippen LogP contribution in [-0.4, -0.2) is 23.2 Å². The molecule has 0 N–H and O–H groups in total. The van der Waals surface area contributed by atoms with Crippen molar-refractivity contribution in [3.05, 3.63) is 12.2 Å². The van der Waals surface area contributed by atoms with Crippen molar-refractivity contribution < 1.29 is 14.3 Å². The third-order valence-electron chi connectivity index (χ3n) is 2.47. The summed E-state index contributed by atoms with van der Waals surface area (Å²) in [5, 5.41) is 0. The van der Waals surface area contributed by atoms with E-state index in [0.717, 1.165) is 0 Å². The van der Waals surface area contributed by atoms with Gasteiger partial charge in [-0.2, -0.15) is 0 Å². The molecule has 88 valence electrons. The standard InChI is InChI=1S/C12H17NO3/c1-7(2)6-12(9(5)14)11(15)16-10(13-12)8(3)4/h7H,3,6H2,1-2,4-5H3. The lowest BCUT2D eigenvalue weighted by Gasteiger charge is -2.20. The lowest BCUT2D eigenvalue weighted by atomic mass is 9.86. The monoisotopic (exact) mass is 223 g/mol. The smallest absolute Gasteiger partial charge is 0.348 e. The van der Waals surface area contributed by atoms with E-state index in [1.165, 1.54) is 6.92 Å². The first-order chi connectivity index (χ1) is 7.29. The third kappa shape index (κ3) is 2.05. The summed E-state index contributed by atoms with van der Waals surface area (Å²) in [5.74, 6) is -0.486. The zero-order valence-corrected chi connectivity index (χ0v) is 10.2. The van der Waals surface area contributed by atoms with E-state index in [9.17, 15) is 9.59 Å². The molecule has 0 fully saturated rings. The van der Waals surface area contributed by atoms with Crippen LogP contribution in [0.2, 0.25) is 0 Å². The summed E-state index contributed by atoms with van der Waals surface area (Å²) in [5.41, 5.74) is -0.789. The Morgan fingerprint density at radius 2 is 2.06 bits per heavy atom. The van der Waals surface area contributed by atoms with Crippen molar-refractivity contribution >= 4 is 17.7 Å². The van der Waals surface area contributed by atoms with E-state index in [0.29, 0.717) is 12.0 Å². The van der Waals surface area contributed by atoms with Gasteiger partial charge in [0.05, 0.1) is 0 Å². The summed E-state index contributed by atoms with van der Waals surface area (Å²) in [7, 11) is 0. The van der Waals surface area contributed by atoms with E-state index in [2.05, 4.69) is 11.6 Å². The molecular formula is C12H17NO3. The van der Waals surface area contributed by atoms with Crippen LogP contribution in [0, 0.1) is 5.92 Å². The number of Topliss-reactive ketones (excluding diaryl/α,β-unsaturated/α-hetero) is 1. The maximum atomic E-state index is 11.8. The van der Waals surface area contributed by atoms with Crippen LogP contribution in [0.4, 0.5) is 0 Å². The summed E-state index contributed by atoms with van der Waals surface area (Å²) in [6.45, 7) is 10.6. The Morgan fingerprint density at radius 1 is 1.50 bits per heavy atom. The molecule has 0 aromatic rings. The van der Waals surface area contributed by atoms with Crippen LogP contribution in [0.25, 0.3) is 0 Å². The van der Waals surface area contributed by atoms with Crippen molar-refractivity contribution in [1.29, 1.82) is 0 Å². The predicted molar refractivity (Wildman–Crippen MR) is 61.2 cm³/mol. The normalized spacial score (nSPS) is 24.3. The van der Waals surface area contributed by atoms with Crippen molar-refractivity contribution in [2.24, 2.45) is 10.9 Å². The molecule has 4 heteroatoms. The van der Waals surface area contributed by atoms with Crippen LogP contribution in [0.1, 0.15) is 34.1 Å². The Kier molecular flexibility index (Phi) is 3.31. The van der Waals surface area contributed by atoms with E-state index in [1.807, 2.05) is 13.8 Å². The highest BCUT2D eigenvalue weighted by molar-refractivity contribution is 6.18. The fraction of sp³-hybridized carbons (Fsp3) is 0.583. The van der Waals surface area contributed by atoms with Crippen LogP contribution < -0.4 is 0 Å². The van der Waals surface area contributed by atoms with Crippen molar-refractivity contribution in [1.82, 2.24) is 0 Å². The molecule has 0 spiro atoms. The Labute approximate surface area is 95.4 Å². The van der Waals surface area contributed by atoms with Gasteiger partial charge in [0, 0.05) is 5.57 Å². The minimum Gasteiger partial charge on any atom is -0.405 e. The number of esters is 1. The van der Waals surface area contributed by atoms with Gasteiger partial charge in [0.25, 0.3) is 0 Å². The second-order valence-electron chi connectivity index (χ2n) is 4.60. The number of rotatable bonds is 4. The van der Waals surface area contributed by atoms with Gasteiger partial charge in [0.2, 0.25) is 11.4 Å². The van der Waals surface area contributed by atoms with Gasteiger partial charge in [0.1, 0.15) is 0 Å². The van der Waals surface area contributed by atoms with Gasteiger partial charge in [0.15, 0.2) is 5.78 Å². The highest BCUT2D eigenvalue weighted by Gasteiger charge is 2.50. The topological polar surface area (TPSA) is 55.7 Å². The van der Waals surface area contributed by atoms with E-state index in [-0.39, 0.29) is 17.6 Å². The fourth-order valence-corrected chi connectivity index (χ4v) is 1.68. The zero-order valence-electron chi connectivity index (χ0n) is 10.2. The Bertz CT molecular complexity index is 382. The summed E-state index contributed by atoms with van der Waals surface area (Å²) in [4.78, 5) is 27.6. The van der Waals surface area contributed by atoms with Crippen molar-refractivity contribution in [2.75, 3.05) is 0 Å². The van der Waals surface area contributed by atoms with Crippen molar-refractivity contribution in [2.45, 2.75) is 39.7 Å². The maximum Gasteiger partial charge on any atom is 0.348 e. The molecular weight excluding hydrogens is 206 g/mol. The molecule has 1 aliphatic heterocycles. The van der Waals surface area contributed by atoms with E-state index in [4.69, 9.17) is 4.74 Å². The molecule has 0 saturated heterocycles. The Balaban J connectivity index is 3.16. The van der Waals surface area contributed by atoms with Crippen LogP contribution in [-0.2, 0) is 14.3 Å². The zero-order chi connectivity index (χ0) is 12.5. The average Bonchev–Trinajstić information content (AvgIpc) is 2.44. The lowest BCUT2D eigenvalue weighted by Crippen LogP contribution is -2.42. The molecule has 0 radical (unpaired) electrons. The summed E-state index contributed by atoms with van der Waals surface area (Å²) in [6, 6.07) is 0. The number of carbonyl (C=O) groups is 2. The molecule has 0 aliphatic carbocycles. The Hall–Kier alpha value is -1.45. The van der Waals surface area contributed by atoms with Crippen LogP contribution in [0.3, 0.4) is 0 Å². The van der Waals surface area contributed by atoms with Gasteiger partial charge in [-0.25, -0.2) is 9.79 Å². The quantitative estimate of drug-likeness (QED) is 0.540. The second kappa shape index (κ2) is 4.20. The number of hydrogen-bond acceptors (Lipinski definition) is 4. The molecule has 4 nitrogen and oxygen atoms in total. The number of hydrogen-bond donors (Lipinski definition) is 0. The molecule has 16 heavy (non-hydrogen) atoms. The van der Waals surface area contributed by atoms with Crippen molar-refractivity contribution in [3.8, 4) is 0 Å². The summed E-state index contributed by atoms with van der Waals surface area (Å²) < 4.78 is 4.99. The van der Waals surface area contributed by atoms with Gasteiger partial charge in [-0.05, 0) is 26.2 Å². The molecule has 0 aromatic heterocycles. The number of ketones is 1. The lowest BCUT2D eigenvalue weighted by molar-refractivity contribution is -0.144. The first-order valence-corrected chi connectivity index (χ1v) is 5.28. The predicted octanol–water partition coefficient (Wildman–Crippen LogP) is 1.89. The molecule has 1 rings (SSSR count). The Morgan fingerprint density at radius 3 is 2.38 bits per heavy atom. The van der Waals surface area contributed by atoms with Gasteiger partial charge in [-0.15, -0.1) is 0 Å². The third-order valence-corrected chi connectivity index (χ3v) is 2.47. The first kappa shape index (κ1) is 12.6. The van der Waals surface area contributed by atoms with Crippen LogP contribution in [0.15, 0.2) is 17.1 Å². The molecule has 1 atom stereocenters. The average molecular weight is 223 g/mol. The fourth-order valence-electron chi connectivity index (χ4n) is 1.68. The number of nitrogens with zero attached hydrogens (tertiary/aromatic N) is 1. The van der Waals surface area contributed by atoms with Gasteiger partial charge >= 0.3 is 5.97 Å². The minimum atomic E-state index is -1.34.